The maximum atomic E-state index is 13.9. The summed E-state index contributed by atoms with van der Waals surface area (Å²) in [6.45, 7) is 4.82. The third-order valence-corrected chi connectivity index (χ3v) is 10.5. The minimum absolute atomic E-state index is 0.00138. The molecule has 3 fully saturated rings. The van der Waals surface area contributed by atoms with Gasteiger partial charge < -0.3 is 39.9 Å². The number of amides is 4. The second-order valence-electron chi connectivity index (χ2n) is 13.4. The van der Waals surface area contributed by atoms with Crippen molar-refractivity contribution >= 4 is 37.0 Å². The van der Waals surface area contributed by atoms with Crippen molar-refractivity contribution in [2.75, 3.05) is 57.7 Å². The summed E-state index contributed by atoms with van der Waals surface area (Å²) in [6, 6.07) is 12.9. The van der Waals surface area contributed by atoms with E-state index in [1.165, 1.54) is 6.07 Å². The Morgan fingerprint density at radius 1 is 0.894 bits per heavy atom. The van der Waals surface area contributed by atoms with Gasteiger partial charge in [0, 0.05) is 63.5 Å². The van der Waals surface area contributed by atoms with Crippen LogP contribution < -0.4 is 10.8 Å². The SMILES string of the molecule is [B]c1cc(C[C@@H](OC(=O)N2CCC(N3CCc4ccccc4NC3=O)CC2)C(=O)N2CCC(N3CCC(CO)CC3)CC2)ccc1O. The van der Waals surface area contributed by atoms with Gasteiger partial charge in [-0.05, 0) is 87.2 Å². The fourth-order valence-electron chi connectivity index (χ4n) is 7.57. The van der Waals surface area contributed by atoms with Gasteiger partial charge in [0.1, 0.15) is 13.6 Å². The number of carbonyl (C=O) groups excluding carboxylic acids is 3. The molecule has 4 aliphatic heterocycles. The Labute approximate surface area is 278 Å². The number of aliphatic hydroxyl groups is 1. The molecule has 2 aromatic carbocycles. The topological polar surface area (TPSA) is 126 Å². The zero-order valence-electron chi connectivity index (χ0n) is 27.1. The number of ether oxygens (including phenoxy) is 1. The van der Waals surface area contributed by atoms with E-state index in [2.05, 4.69) is 10.2 Å². The van der Waals surface area contributed by atoms with E-state index in [-0.39, 0.29) is 42.2 Å². The van der Waals surface area contributed by atoms with Crippen LogP contribution >= 0.6 is 0 Å². The van der Waals surface area contributed by atoms with Crippen molar-refractivity contribution in [3.05, 3.63) is 53.6 Å². The van der Waals surface area contributed by atoms with Crippen LogP contribution in [0.3, 0.4) is 0 Å². The molecule has 3 N–H and O–H groups in total. The molecule has 2 radical (unpaired) electrons. The van der Waals surface area contributed by atoms with Gasteiger partial charge in [-0.1, -0.05) is 35.8 Å². The smallest absolute Gasteiger partial charge is 0.410 e. The number of fused-ring (bicyclic) bond motifs is 1. The molecule has 11 nitrogen and oxygen atoms in total. The van der Waals surface area contributed by atoms with Gasteiger partial charge in [-0.3, -0.25) is 4.79 Å². The van der Waals surface area contributed by atoms with E-state index < -0.39 is 12.2 Å². The van der Waals surface area contributed by atoms with Crippen molar-refractivity contribution < 1.29 is 29.3 Å². The standard InChI is InChI=1S/C35H46BN5O6/c36-29-21-25(5-6-31(29)43)22-32(33(44)39-16-10-27(11-17-39)38-14-7-24(23-42)8-15-38)47-35(46)40-18-12-28(13-19-40)41-20-9-26-3-1-2-4-30(26)37-34(41)45/h1-6,21,24,27-28,32,42-43H,7-20,22-23H2,(H,37,45)/t32-/m1/s1. The Kier molecular flexibility index (Phi) is 10.6. The third kappa shape index (κ3) is 7.87. The first-order chi connectivity index (χ1) is 22.8. The Bertz CT molecular complexity index is 1420. The summed E-state index contributed by atoms with van der Waals surface area (Å²) >= 11 is 0. The van der Waals surface area contributed by atoms with E-state index in [9.17, 15) is 24.6 Å². The molecule has 3 saturated heterocycles. The number of nitrogens with zero attached hydrogens (tertiary/aromatic N) is 4. The molecule has 1 atom stereocenters. The minimum atomic E-state index is -1.03. The van der Waals surface area contributed by atoms with E-state index in [0.717, 1.165) is 56.4 Å². The van der Waals surface area contributed by atoms with Crippen LogP contribution in [0.2, 0.25) is 0 Å². The number of anilines is 1. The van der Waals surface area contributed by atoms with E-state index in [4.69, 9.17) is 12.6 Å². The molecule has 12 heteroatoms. The quantitative estimate of drug-likeness (QED) is 0.396. The van der Waals surface area contributed by atoms with Crippen molar-refractivity contribution in [1.29, 1.82) is 0 Å². The van der Waals surface area contributed by atoms with Gasteiger partial charge in [0.25, 0.3) is 5.91 Å². The number of benzene rings is 2. The number of piperidine rings is 3. The molecule has 0 spiro atoms. The highest BCUT2D eigenvalue weighted by atomic mass is 16.6. The molecule has 0 bridgehead atoms. The number of phenolic OH excluding ortho intramolecular Hbond substituents is 1. The van der Waals surface area contributed by atoms with Crippen LogP contribution in [0.5, 0.6) is 5.75 Å². The lowest BCUT2D eigenvalue weighted by atomic mass is 9.91. The highest BCUT2D eigenvalue weighted by Gasteiger charge is 2.36. The summed E-state index contributed by atoms with van der Waals surface area (Å²) in [4.78, 5) is 48.3. The molecular weight excluding hydrogens is 597 g/mol. The molecule has 6 rings (SSSR count). The first-order valence-electron chi connectivity index (χ1n) is 17.1. The lowest BCUT2D eigenvalue weighted by Gasteiger charge is -2.42. The summed E-state index contributed by atoms with van der Waals surface area (Å²) in [6.07, 6.45) is 4.29. The van der Waals surface area contributed by atoms with Crippen LogP contribution in [0.15, 0.2) is 42.5 Å². The van der Waals surface area contributed by atoms with Crippen molar-refractivity contribution in [1.82, 2.24) is 19.6 Å². The van der Waals surface area contributed by atoms with Crippen LogP contribution in [0.1, 0.15) is 49.7 Å². The predicted molar refractivity (Wildman–Crippen MR) is 179 cm³/mol. The number of para-hydroxylation sites is 1. The number of urea groups is 1. The van der Waals surface area contributed by atoms with Gasteiger partial charge in [0.2, 0.25) is 0 Å². The molecule has 4 heterocycles. The Morgan fingerprint density at radius 2 is 1.57 bits per heavy atom. The van der Waals surface area contributed by atoms with Crippen LogP contribution in [0.4, 0.5) is 15.3 Å². The first-order valence-corrected chi connectivity index (χ1v) is 17.1. The fourth-order valence-corrected chi connectivity index (χ4v) is 7.57. The number of hydrogen-bond donors (Lipinski definition) is 3. The Hall–Kier alpha value is -3.77. The monoisotopic (exact) mass is 643 g/mol. The molecule has 0 aliphatic carbocycles. The summed E-state index contributed by atoms with van der Waals surface area (Å²) < 4.78 is 5.98. The number of likely N-dealkylation sites (tertiary alicyclic amines) is 3. The highest BCUT2D eigenvalue weighted by Crippen LogP contribution is 2.27. The summed E-state index contributed by atoms with van der Waals surface area (Å²) in [5.74, 6) is 0.122. The number of aromatic hydroxyl groups is 1. The summed E-state index contributed by atoms with van der Waals surface area (Å²) in [7, 11) is 5.94. The summed E-state index contributed by atoms with van der Waals surface area (Å²) in [5, 5.41) is 22.4. The molecule has 0 saturated carbocycles. The molecular formula is C35H46BN5O6. The summed E-state index contributed by atoms with van der Waals surface area (Å²) in [5.41, 5.74) is 2.86. The number of aliphatic hydroxyl groups excluding tert-OH is 1. The number of rotatable bonds is 7. The van der Waals surface area contributed by atoms with Crippen molar-refractivity contribution in [2.24, 2.45) is 5.92 Å². The maximum Gasteiger partial charge on any atom is 0.410 e. The van der Waals surface area contributed by atoms with E-state index in [1.807, 2.05) is 29.2 Å². The third-order valence-electron chi connectivity index (χ3n) is 10.5. The second kappa shape index (κ2) is 15.0. The first kappa shape index (κ1) is 33.1. The number of nitrogens with one attached hydrogen (secondary N) is 1. The lowest BCUT2D eigenvalue weighted by Crippen LogP contribution is -2.53. The van der Waals surface area contributed by atoms with Gasteiger partial charge in [0.05, 0.1) is 0 Å². The maximum absolute atomic E-state index is 13.9. The van der Waals surface area contributed by atoms with E-state index in [1.54, 1.807) is 21.9 Å². The molecule has 0 unspecified atom stereocenters. The van der Waals surface area contributed by atoms with Gasteiger partial charge >= 0.3 is 12.1 Å². The normalized spacial score (nSPS) is 21.1. The molecule has 250 valence electrons. The lowest BCUT2D eigenvalue weighted by molar-refractivity contribution is -0.142. The number of carbonyl (C=O) groups is 3. The van der Waals surface area contributed by atoms with E-state index >= 15 is 0 Å². The van der Waals surface area contributed by atoms with Crippen molar-refractivity contribution in [2.45, 2.75) is 69.6 Å². The average molecular weight is 644 g/mol. The zero-order chi connectivity index (χ0) is 32.9. The Morgan fingerprint density at radius 3 is 2.28 bits per heavy atom. The minimum Gasteiger partial charge on any atom is -0.509 e. The van der Waals surface area contributed by atoms with Crippen LogP contribution in [-0.2, 0) is 22.4 Å². The molecule has 47 heavy (non-hydrogen) atoms. The van der Waals surface area contributed by atoms with Gasteiger partial charge in [-0.15, -0.1) is 0 Å². The highest BCUT2D eigenvalue weighted by molar-refractivity contribution is 6.34. The van der Waals surface area contributed by atoms with Gasteiger partial charge in [-0.2, -0.15) is 0 Å². The number of phenols is 1. The van der Waals surface area contributed by atoms with E-state index in [0.29, 0.717) is 63.1 Å². The van der Waals surface area contributed by atoms with Gasteiger partial charge in [-0.25, -0.2) is 9.59 Å². The molecule has 2 aromatic rings. The Balaban J connectivity index is 1.06. The molecule has 0 aromatic heterocycles. The molecule has 4 amide bonds. The zero-order valence-corrected chi connectivity index (χ0v) is 27.1. The number of hydrogen-bond acceptors (Lipinski definition) is 7. The fraction of sp³-hybridized carbons (Fsp3) is 0.571. The van der Waals surface area contributed by atoms with Crippen molar-refractivity contribution in [3.8, 4) is 5.75 Å². The largest absolute Gasteiger partial charge is 0.509 e. The van der Waals surface area contributed by atoms with Crippen LogP contribution in [0, 0.1) is 5.92 Å². The second-order valence-corrected chi connectivity index (χ2v) is 13.4. The van der Waals surface area contributed by atoms with Crippen LogP contribution in [0.25, 0.3) is 0 Å². The van der Waals surface area contributed by atoms with Crippen LogP contribution in [-0.4, -0.2) is 126 Å². The van der Waals surface area contributed by atoms with Gasteiger partial charge in [0.15, 0.2) is 6.10 Å². The predicted octanol–water partition coefficient (Wildman–Crippen LogP) is 2.48. The molecule has 4 aliphatic rings. The average Bonchev–Trinajstić information content (AvgIpc) is 3.27. The van der Waals surface area contributed by atoms with Crippen molar-refractivity contribution in [3.63, 3.8) is 0 Å².